The SMILES string of the molecule is N#Cc1cc(C#N)c(=O)[nH]c1O. The minimum Gasteiger partial charge on any atom is -0.494 e. The highest BCUT2D eigenvalue weighted by Gasteiger charge is 2.05. The zero-order valence-electron chi connectivity index (χ0n) is 5.83. The first-order chi connectivity index (χ1) is 5.69. The number of H-pyrrole nitrogens is 1. The first-order valence-electron chi connectivity index (χ1n) is 2.95. The Labute approximate surface area is 67.1 Å². The number of aromatic amines is 1. The Morgan fingerprint density at radius 2 is 1.92 bits per heavy atom. The van der Waals surface area contributed by atoms with Crippen LogP contribution in [0.4, 0.5) is 0 Å². The summed E-state index contributed by atoms with van der Waals surface area (Å²) in [6.07, 6.45) is 0. The monoisotopic (exact) mass is 161 g/mol. The summed E-state index contributed by atoms with van der Waals surface area (Å²) in [4.78, 5) is 12.8. The molecule has 1 aromatic heterocycles. The van der Waals surface area contributed by atoms with Gasteiger partial charge in [-0.3, -0.25) is 9.78 Å². The lowest BCUT2D eigenvalue weighted by Gasteiger charge is -1.93. The van der Waals surface area contributed by atoms with Crippen LogP contribution in [0.3, 0.4) is 0 Å². The molecule has 0 saturated heterocycles. The van der Waals surface area contributed by atoms with Gasteiger partial charge >= 0.3 is 0 Å². The number of aromatic hydroxyl groups is 1. The lowest BCUT2D eigenvalue weighted by Crippen LogP contribution is -2.09. The van der Waals surface area contributed by atoms with E-state index in [1.54, 1.807) is 12.1 Å². The van der Waals surface area contributed by atoms with Gasteiger partial charge in [0.25, 0.3) is 5.56 Å². The van der Waals surface area contributed by atoms with E-state index >= 15 is 0 Å². The standard InChI is InChI=1S/C7H3N3O2/c8-2-4-1-5(3-9)7(12)10-6(4)11/h1H,(H2,10,11,12). The minimum absolute atomic E-state index is 0.119. The summed E-state index contributed by atoms with van der Waals surface area (Å²) in [6, 6.07) is 4.25. The predicted molar refractivity (Wildman–Crippen MR) is 38.2 cm³/mol. The van der Waals surface area contributed by atoms with Crippen molar-refractivity contribution in [1.82, 2.24) is 4.98 Å². The number of nitrogens with one attached hydrogen (secondary N) is 1. The second kappa shape index (κ2) is 2.77. The molecule has 58 valence electrons. The number of nitrogens with zero attached hydrogens (tertiary/aromatic N) is 2. The third-order valence-corrected chi connectivity index (χ3v) is 1.26. The molecule has 5 heteroatoms. The fourth-order valence-corrected chi connectivity index (χ4v) is 0.689. The highest BCUT2D eigenvalue weighted by atomic mass is 16.3. The molecular formula is C7H3N3O2. The average Bonchev–Trinajstić information content (AvgIpc) is 2.05. The zero-order valence-corrected chi connectivity index (χ0v) is 5.83. The first kappa shape index (κ1) is 7.83. The van der Waals surface area contributed by atoms with Crippen molar-refractivity contribution in [2.45, 2.75) is 0 Å². The van der Waals surface area contributed by atoms with Gasteiger partial charge < -0.3 is 5.11 Å². The maximum absolute atomic E-state index is 10.8. The van der Waals surface area contributed by atoms with Crippen LogP contribution in [-0.4, -0.2) is 10.1 Å². The highest BCUT2D eigenvalue weighted by molar-refractivity contribution is 5.42. The van der Waals surface area contributed by atoms with Crippen molar-refractivity contribution in [3.05, 3.63) is 27.5 Å². The van der Waals surface area contributed by atoms with Gasteiger partial charge in [0.05, 0.1) is 0 Å². The molecule has 0 amide bonds. The fourth-order valence-electron chi connectivity index (χ4n) is 0.689. The predicted octanol–water partition coefficient (Wildman–Crippen LogP) is -0.176. The fraction of sp³-hybridized carbons (Fsp3) is 0. The first-order valence-corrected chi connectivity index (χ1v) is 2.95. The number of hydrogen-bond acceptors (Lipinski definition) is 4. The van der Waals surface area contributed by atoms with Crippen LogP contribution < -0.4 is 5.56 Å². The van der Waals surface area contributed by atoms with Crippen LogP contribution in [-0.2, 0) is 0 Å². The molecule has 0 atom stereocenters. The number of rotatable bonds is 0. The smallest absolute Gasteiger partial charge is 0.268 e. The molecule has 5 nitrogen and oxygen atoms in total. The number of nitriles is 2. The molecule has 0 bridgehead atoms. The van der Waals surface area contributed by atoms with Crippen LogP contribution in [0, 0.1) is 22.7 Å². The van der Waals surface area contributed by atoms with Crippen molar-refractivity contribution < 1.29 is 5.11 Å². The van der Waals surface area contributed by atoms with E-state index in [1.165, 1.54) is 0 Å². The molecule has 0 spiro atoms. The summed E-state index contributed by atoms with van der Waals surface area (Å²) < 4.78 is 0. The Bertz CT molecular complexity index is 447. The molecule has 1 rings (SSSR count). The van der Waals surface area contributed by atoms with Crippen LogP contribution in [0.5, 0.6) is 5.88 Å². The van der Waals surface area contributed by atoms with Crippen LogP contribution >= 0.6 is 0 Å². The van der Waals surface area contributed by atoms with E-state index in [4.69, 9.17) is 15.6 Å². The van der Waals surface area contributed by atoms with Crippen molar-refractivity contribution in [3.8, 4) is 18.0 Å². The molecule has 0 unspecified atom stereocenters. The van der Waals surface area contributed by atoms with Crippen molar-refractivity contribution in [2.75, 3.05) is 0 Å². The summed E-state index contributed by atoms with van der Waals surface area (Å²) in [5.74, 6) is -0.512. The van der Waals surface area contributed by atoms with Crippen LogP contribution in [0.25, 0.3) is 0 Å². The molecule has 0 fully saturated rings. The summed E-state index contributed by atoms with van der Waals surface area (Å²) in [7, 11) is 0. The zero-order chi connectivity index (χ0) is 9.14. The Morgan fingerprint density at radius 1 is 1.33 bits per heavy atom. The lowest BCUT2D eigenvalue weighted by atomic mass is 10.2. The molecule has 0 aromatic carbocycles. The van der Waals surface area contributed by atoms with Gasteiger partial charge in [-0.05, 0) is 6.07 Å². The third kappa shape index (κ3) is 1.11. The van der Waals surface area contributed by atoms with Gasteiger partial charge in [-0.25, -0.2) is 0 Å². The van der Waals surface area contributed by atoms with Crippen molar-refractivity contribution in [2.24, 2.45) is 0 Å². The second-order valence-corrected chi connectivity index (χ2v) is 2.00. The molecule has 0 saturated carbocycles. The minimum atomic E-state index is -0.700. The van der Waals surface area contributed by atoms with Crippen molar-refractivity contribution in [3.63, 3.8) is 0 Å². The van der Waals surface area contributed by atoms with E-state index in [-0.39, 0.29) is 11.1 Å². The Morgan fingerprint density at radius 3 is 2.42 bits per heavy atom. The van der Waals surface area contributed by atoms with Crippen LogP contribution in [0.1, 0.15) is 11.1 Å². The van der Waals surface area contributed by atoms with Gasteiger partial charge in [0, 0.05) is 0 Å². The summed E-state index contributed by atoms with van der Waals surface area (Å²) in [5.41, 5.74) is -1.01. The third-order valence-electron chi connectivity index (χ3n) is 1.26. The van der Waals surface area contributed by atoms with Crippen LogP contribution in [0.15, 0.2) is 10.9 Å². The van der Waals surface area contributed by atoms with Crippen molar-refractivity contribution >= 4 is 0 Å². The Kier molecular flexibility index (Phi) is 1.81. The average molecular weight is 161 g/mol. The Hall–Kier alpha value is -2.27. The molecule has 0 aliphatic carbocycles. The van der Waals surface area contributed by atoms with Gasteiger partial charge in [-0.1, -0.05) is 0 Å². The molecular weight excluding hydrogens is 158 g/mol. The normalized spacial score (nSPS) is 8.50. The number of hydrogen-bond donors (Lipinski definition) is 2. The van der Waals surface area contributed by atoms with E-state index in [9.17, 15) is 4.79 Å². The summed E-state index contributed by atoms with van der Waals surface area (Å²) in [5, 5.41) is 25.7. The van der Waals surface area contributed by atoms with Crippen molar-refractivity contribution in [1.29, 1.82) is 10.5 Å². The largest absolute Gasteiger partial charge is 0.494 e. The van der Waals surface area contributed by atoms with Gasteiger partial charge in [0.2, 0.25) is 5.88 Å². The maximum atomic E-state index is 10.8. The van der Waals surface area contributed by atoms with Gasteiger partial charge in [-0.2, -0.15) is 10.5 Å². The molecule has 12 heavy (non-hydrogen) atoms. The molecule has 0 radical (unpaired) electrons. The second-order valence-electron chi connectivity index (χ2n) is 2.00. The molecule has 0 aliphatic heterocycles. The molecule has 1 aromatic rings. The number of aromatic nitrogens is 1. The van der Waals surface area contributed by atoms with Gasteiger partial charge in [0.15, 0.2) is 0 Å². The van der Waals surface area contributed by atoms with E-state index in [0.29, 0.717) is 0 Å². The Balaban J connectivity index is 3.54. The maximum Gasteiger partial charge on any atom is 0.268 e. The molecule has 1 heterocycles. The molecule has 0 aliphatic rings. The highest BCUT2D eigenvalue weighted by Crippen LogP contribution is 2.09. The van der Waals surface area contributed by atoms with E-state index in [0.717, 1.165) is 6.07 Å². The molecule has 2 N–H and O–H groups in total. The van der Waals surface area contributed by atoms with E-state index < -0.39 is 11.4 Å². The number of pyridine rings is 1. The van der Waals surface area contributed by atoms with Gasteiger partial charge in [-0.15, -0.1) is 0 Å². The van der Waals surface area contributed by atoms with Crippen LogP contribution in [0.2, 0.25) is 0 Å². The summed E-state index contributed by atoms with van der Waals surface area (Å²) >= 11 is 0. The van der Waals surface area contributed by atoms with E-state index in [2.05, 4.69) is 0 Å². The van der Waals surface area contributed by atoms with Gasteiger partial charge in [0.1, 0.15) is 23.3 Å². The quantitative estimate of drug-likeness (QED) is 0.551. The topological polar surface area (TPSA) is 101 Å². The summed E-state index contributed by atoms with van der Waals surface area (Å²) in [6.45, 7) is 0. The lowest BCUT2D eigenvalue weighted by molar-refractivity contribution is 0.449. The van der Waals surface area contributed by atoms with E-state index in [1.807, 2.05) is 4.98 Å².